The van der Waals surface area contributed by atoms with Gasteiger partial charge in [-0.1, -0.05) is 43.2 Å². The Bertz CT molecular complexity index is 1430. The van der Waals surface area contributed by atoms with Crippen LogP contribution in [0.5, 0.6) is 0 Å². The molecule has 4 rings (SSSR count). The monoisotopic (exact) mass is 436 g/mol. The van der Waals surface area contributed by atoms with Crippen LogP contribution in [0.3, 0.4) is 0 Å². The lowest BCUT2D eigenvalue weighted by atomic mass is 9.77. The number of nitrogens with zero attached hydrogens (tertiary/aromatic N) is 3. The van der Waals surface area contributed by atoms with Crippen LogP contribution in [0.2, 0.25) is 6.82 Å². The highest BCUT2D eigenvalue weighted by atomic mass is 16.2. The average Bonchev–Trinajstić information content (AvgIpc) is 2.85. The SMILES string of the molecule is C[B]c1cccc(Cn2cc(C(=O)c3cccc(C(=O)N(C)C)c3)c(=O)c3ccccc32)n1. The van der Waals surface area contributed by atoms with Crippen LogP contribution >= 0.6 is 0 Å². The van der Waals surface area contributed by atoms with Gasteiger partial charge in [0.15, 0.2) is 13.1 Å². The fourth-order valence-electron chi connectivity index (χ4n) is 3.77. The molecule has 6 nitrogen and oxygen atoms in total. The van der Waals surface area contributed by atoms with Crippen molar-refractivity contribution in [2.24, 2.45) is 0 Å². The largest absolute Gasteiger partial charge is 0.345 e. The van der Waals surface area contributed by atoms with E-state index >= 15 is 0 Å². The maximum Gasteiger partial charge on any atom is 0.253 e. The second-order valence-electron chi connectivity index (χ2n) is 7.97. The van der Waals surface area contributed by atoms with E-state index in [2.05, 4.69) is 4.98 Å². The number of aromatic nitrogens is 2. The predicted molar refractivity (Wildman–Crippen MR) is 131 cm³/mol. The van der Waals surface area contributed by atoms with Crippen molar-refractivity contribution >= 4 is 35.5 Å². The van der Waals surface area contributed by atoms with Gasteiger partial charge in [0.25, 0.3) is 5.91 Å². The number of rotatable bonds is 6. The molecule has 1 amide bonds. The molecule has 0 saturated heterocycles. The Morgan fingerprint density at radius 3 is 2.45 bits per heavy atom. The lowest BCUT2D eigenvalue weighted by Gasteiger charge is -2.14. The van der Waals surface area contributed by atoms with Crippen molar-refractivity contribution in [3.05, 3.63) is 106 Å². The van der Waals surface area contributed by atoms with Crippen LogP contribution in [0.1, 0.15) is 32.0 Å². The first-order valence-electron chi connectivity index (χ1n) is 10.6. The van der Waals surface area contributed by atoms with Crippen molar-refractivity contribution < 1.29 is 9.59 Å². The first kappa shape index (κ1) is 22.2. The third kappa shape index (κ3) is 4.48. The van der Waals surface area contributed by atoms with E-state index in [1.807, 2.05) is 49.0 Å². The molecule has 1 radical (unpaired) electrons. The number of amides is 1. The third-order valence-electron chi connectivity index (χ3n) is 5.47. The lowest BCUT2D eigenvalue weighted by molar-refractivity contribution is 0.0827. The van der Waals surface area contributed by atoms with Gasteiger partial charge in [-0.3, -0.25) is 19.4 Å². The second kappa shape index (κ2) is 9.24. The Balaban J connectivity index is 1.82. The zero-order valence-corrected chi connectivity index (χ0v) is 18.8. The molecular weight excluding hydrogens is 413 g/mol. The molecule has 163 valence electrons. The lowest BCUT2D eigenvalue weighted by Crippen LogP contribution is -2.23. The van der Waals surface area contributed by atoms with Gasteiger partial charge in [-0.05, 0) is 35.9 Å². The van der Waals surface area contributed by atoms with Crippen LogP contribution in [0.4, 0.5) is 0 Å². The fourth-order valence-corrected chi connectivity index (χ4v) is 3.77. The number of ketones is 1. The van der Waals surface area contributed by atoms with Gasteiger partial charge in [0, 0.05) is 36.8 Å². The number of carbonyl (C=O) groups excluding carboxylic acids is 2. The summed E-state index contributed by atoms with van der Waals surface area (Å²) in [5.41, 5.74) is 2.81. The minimum Gasteiger partial charge on any atom is -0.345 e. The molecule has 0 bridgehead atoms. The van der Waals surface area contributed by atoms with Crippen molar-refractivity contribution in [1.82, 2.24) is 14.5 Å². The summed E-state index contributed by atoms with van der Waals surface area (Å²) in [5, 5.41) is 0.460. The first-order chi connectivity index (χ1) is 15.9. The summed E-state index contributed by atoms with van der Waals surface area (Å²) in [4.78, 5) is 45.1. The van der Waals surface area contributed by atoms with Crippen molar-refractivity contribution in [3.8, 4) is 0 Å². The molecule has 0 spiro atoms. The molecule has 0 fully saturated rings. The zero-order valence-electron chi connectivity index (χ0n) is 18.8. The Morgan fingerprint density at radius 2 is 1.70 bits per heavy atom. The molecular formula is C26H23BN3O3. The van der Waals surface area contributed by atoms with Gasteiger partial charge in [0.1, 0.15) is 0 Å². The summed E-state index contributed by atoms with van der Waals surface area (Å²) >= 11 is 0. The summed E-state index contributed by atoms with van der Waals surface area (Å²) in [6, 6.07) is 19.5. The summed E-state index contributed by atoms with van der Waals surface area (Å²) in [5.74, 6) is -0.629. The van der Waals surface area contributed by atoms with E-state index in [1.165, 1.54) is 11.0 Å². The standard InChI is InChI=1S/C26H23BN3O3/c1-27-23-13-7-10-19(28-23)15-30-16-21(25(32)20-11-4-5-12-22(20)30)24(31)17-8-6-9-18(14-17)26(33)29(2)3/h4-14,16H,15H2,1-3H3. The van der Waals surface area contributed by atoms with E-state index in [0.717, 1.165) is 16.8 Å². The molecule has 2 heterocycles. The smallest absolute Gasteiger partial charge is 0.253 e. The first-order valence-corrected chi connectivity index (χ1v) is 10.6. The molecule has 4 aromatic rings. The molecule has 0 N–H and O–H groups in total. The van der Waals surface area contributed by atoms with Crippen molar-refractivity contribution in [1.29, 1.82) is 0 Å². The molecule has 0 aliphatic rings. The summed E-state index contributed by atoms with van der Waals surface area (Å²) in [7, 11) is 5.22. The van der Waals surface area contributed by atoms with E-state index in [9.17, 15) is 14.4 Å². The number of benzene rings is 2. The van der Waals surface area contributed by atoms with E-state index in [0.29, 0.717) is 23.1 Å². The molecule has 0 aliphatic carbocycles. The third-order valence-corrected chi connectivity index (χ3v) is 5.47. The van der Waals surface area contributed by atoms with Gasteiger partial charge in [-0.15, -0.1) is 0 Å². The molecule has 7 heteroatoms. The zero-order chi connectivity index (χ0) is 23.5. The predicted octanol–water partition coefficient (Wildman–Crippen LogP) is 2.76. The summed E-state index contributed by atoms with van der Waals surface area (Å²) < 4.78 is 1.88. The summed E-state index contributed by atoms with van der Waals surface area (Å²) in [6.07, 6.45) is 1.59. The van der Waals surface area contributed by atoms with E-state index < -0.39 is 5.78 Å². The van der Waals surface area contributed by atoms with Crippen LogP contribution < -0.4 is 11.0 Å². The fraction of sp³-hybridized carbons (Fsp3) is 0.154. The van der Waals surface area contributed by atoms with Gasteiger partial charge in [0.05, 0.1) is 23.3 Å². The maximum absolute atomic E-state index is 13.4. The number of carbonyl (C=O) groups is 2. The number of hydrogen-bond acceptors (Lipinski definition) is 4. The molecule has 0 atom stereocenters. The summed E-state index contributed by atoms with van der Waals surface area (Å²) in [6.45, 7) is 2.33. The van der Waals surface area contributed by atoms with E-state index in [4.69, 9.17) is 0 Å². The Hall–Kier alpha value is -4.00. The molecule has 33 heavy (non-hydrogen) atoms. The minimum atomic E-state index is -0.420. The van der Waals surface area contributed by atoms with E-state index in [-0.39, 0.29) is 16.9 Å². The van der Waals surface area contributed by atoms with Crippen molar-refractivity contribution in [2.75, 3.05) is 14.1 Å². The van der Waals surface area contributed by atoms with Crippen LogP contribution in [0, 0.1) is 0 Å². The van der Waals surface area contributed by atoms with Crippen LogP contribution in [0.15, 0.2) is 77.7 Å². The Kier molecular flexibility index (Phi) is 6.22. The van der Waals surface area contributed by atoms with Crippen LogP contribution in [0.25, 0.3) is 10.9 Å². The number of para-hydroxylation sites is 1. The highest BCUT2D eigenvalue weighted by molar-refractivity contribution is 6.50. The topological polar surface area (TPSA) is 72.3 Å². The Morgan fingerprint density at radius 1 is 0.970 bits per heavy atom. The van der Waals surface area contributed by atoms with E-state index in [1.54, 1.807) is 50.6 Å². The van der Waals surface area contributed by atoms with Gasteiger partial charge in [-0.2, -0.15) is 0 Å². The second-order valence-corrected chi connectivity index (χ2v) is 7.97. The molecule has 0 aliphatic heterocycles. The van der Waals surface area contributed by atoms with Crippen LogP contribution in [-0.4, -0.2) is 47.5 Å². The highest BCUT2D eigenvalue weighted by Gasteiger charge is 2.19. The van der Waals surface area contributed by atoms with Gasteiger partial charge >= 0.3 is 0 Å². The molecule has 0 saturated carbocycles. The maximum atomic E-state index is 13.4. The normalized spacial score (nSPS) is 10.8. The van der Waals surface area contributed by atoms with Crippen molar-refractivity contribution in [2.45, 2.75) is 13.4 Å². The molecule has 0 unspecified atom stereocenters. The number of fused-ring (bicyclic) bond motifs is 1. The average molecular weight is 436 g/mol. The number of pyridine rings is 2. The van der Waals surface area contributed by atoms with Gasteiger partial charge in [0.2, 0.25) is 5.43 Å². The molecule has 2 aromatic carbocycles. The number of hydrogen-bond donors (Lipinski definition) is 0. The van der Waals surface area contributed by atoms with Gasteiger partial charge in [-0.25, -0.2) is 0 Å². The molecule has 2 aromatic heterocycles. The quantitative estimate of drug-likeness (QED) is 0.344. The van der Waals surface area contributed by atoms with Gasteiger partial charge < -0.3 is 9.47 Å². The Labute approximate surface area is 192 Å². The minimum absolute atomic E-state index is 0.0568. The highest BCUT2D eigenvalue weighted by Crippen LogP contribution is 2.17. The van der Waals surface area contributed by atoms with Crippen LogP contribution in [-0.2, 0) is 6.54 Å². The van der Waals surface area contributed by atoms with Crippen molar-refractivity contribution in [3.63, 3.8) is 0 Å².